The molecule has 114 valence electrons. The molecule has 0 aliphatic heterocycles. The van der Waals surface area contributed by atoms with Crippen molar-refractivity contribution in [1.29, 1.82) is 0 Å². The molecule has 0 aliphatic carbocycles. The molecule has 3 aromatic rings. The lowest BCUT2D eigenvalue weighted by Crippen LogP contribution is -2.25. The van der Waals surface area contributed by atoms with E-state index < -0.39 is 0 Å². The topological polar surface area (TPSA) is 81.4 Å². The summed E-state index contributed by atoms with van der Waals surface area (Å²) < 4.78 is 6.82. The van der Waals surface area contributed by atoms with E-state index in [1.165, 1.54) is 11.3 Å². The van der Waals surface area contributed by atoms with E-state index in [4.69, 9.17) is 4.74 Å². The van der Waals surface area contributed by atoms with E-state index in [1.54, 1.807) is 35.9 Å². The molecule has 0 radical (unpaired) electrons. The average Bonchev–Trinajstić information content (AvgIpc) is 3.09. The largest absolute Gasteiger partial charge is 0.497 e. The Kier molecular flexibility index (Phi) is 4.01. The van der Waals surface area contributed by atoms with Gasteiger partial charge in [0.2, 0.25) is 4.96 Å². The summed E-state index contributed by atoms with van der Waals surface area (Å²) in [4.78, 5) is 12.8. The number of aryl methyl sites for hydroxylation is 1. The molecular formula is C14H15N5O2S. The number of benzene rings is 1. The van der Waals surface area contributed by atoms with Crippen LogP contribution in [0.3, 0.4) is 0 Å². The van der Waals surface area contributed by atoms with Crippen molar-refractivity contribution in [1.82, 2.24) is 25.1 Å². The summed E-state index contributed by atoms with van der Waals surface area (Å²) in [5.74, 6) is 1.30. The molecule has 1 N–H and O–H groups in total. The van der Waals surface area contributed by atoms with Gasteiger partial charge in [-0.1, -0.05) is 17.4 Å². The summed E-state index contributed by atoms with van der Waals surface area (Å²) >= 11 is 1.48. The first kappa shape index (κ1) is 14.5. The first-order valence-electron chi connectivity index (χ1n) is 6.77. The number of ether oxygens (including phenoxy) is 1. The highest BCUT2D eigenvalue weighted by Crippen LogP contribution is 2.14. The molecule has 0 bridgehead atoms. The molecule has 22 heavy (non-hydrogen) atoms. The number of fused-ring (bicyclic) bond motifs is 1. The average molecular weight is 317 g/mol. The third-order valence-corrected chi connectivity index (χ3v) is 4.10. The highest BCUT2D eigenvalue weighted by molar-refractivity contribution is 7.16. The minimum absolute atomic E-state index is 0.127. The number of amides is 1. The smallest absolute Gasteiger partial charge is 0.251 e. The van der Waals surface area contributed by atoms with Crippen LogP contribution in [-0.2, 0) is 6.42 Å². The van der Waals surface area contributed by atoms with Crippen molar-refractivity contribution in [2.75, 3.05) is 13.7 Å². The van der Waals surface area contributed by atoms with Gasteiger partial charge in [0.1, 0.15) is 10.8 Å². The SMILES string of the molecule is COc1cccc(C(=O)NCCc2nn3c(C)nnc3s2)c1. The number of nitrogens with one attached hydrogen (secondary N) is 1. The van der Waals surface area contributed by atoms with Crippen molar-refractivity contribution < 1.29 is 9.53 Å². The summed E-state index contributed by atoms with van der Waals surface area (Å²) in [6, 6.07) is 7.06. The maximum Gasteiger partial charge on any atom is 0.251 e. The van der Waals surface area contributed by atoms with Crippen LogP contribution >= 0.6 is 11.3 Å². The number of hydrogen-bond donors (Lipinski definition) is 1. The van der Waals surface area contributed by atoms with Crippen LogP contribution in [0.1, 0.15) is 21.2 Å². The van der Waals surface area contributed by atoms with Gasteiger partial charge in [-0.2, -0.15) is 9.61 Å². The van der Waals surface area contributed by atoms with Gasteiger partial charge in [-0.25, -0.2) is 0 Å². The highest BCUT2D eigenvalue weighted by atomic mass is 32.1. The van der Waals surface area contributed by atoms with Gasteiger partial charge < -0.3 is 10.1 Å². The Morgan fingerprint density at radius 1 is 1.41 bits per heavy atom. The molecule has 0 fully saturated rings. The highest BCUT2D eigenvalue weighted by Gasteiger charge is 2.10. The Bertz CT molecular complexity index is 811. The molecular weight excluding hydrogens is 302 g/mol. The summed E-state index contributed by atoms with van der Waals surface area (Å²) in [6.07, 6.45) is 0.656. The molecule has 0 spiro atoms. The molecule has 1 amide bonds. The molecule has 0 saturated carbocycles. The number of carbonyl (C=O) groups excluding carboxylic acids is 1. The van der Waals surface area contributed by atoms with E-state index in [1.807, 2.05) is 6.92 Å². The lowest BCUT2D eigenvalue weighted by atomic mass is 10.2. The minimum atomic E-state index is -0.127. The molecule has 8 heteroatoms. The molecule has 7 nitrogen and oxygen atoms in total. The number of aromatic nitrogens is 4. The number of methoxy groups -OCH3 is 1. The summed E-state index contributed by atoms with van der Waals surface area (Å²) in [5, 5.41) is 16.2. The van der Waals surface area contributed by atoms with Crippen LogP contribution in [0.5, 0.6) is 5.75 Å². The zero-order valence-electron chi connectivity index (χ0n) is 12.2. The standard InChI is InChI=1S/C14H15N5O2S/c1-9-16-17-14-19(9)18-12(22-14)6-7-15-13(20)10-4-3-5-11(8-10)21-2/h3-5,8H,6-7H2,1-2H3,(H,15,20). The summed E-state index contributed by atoms with van der Waals surface area (Å²) in [5.41, 5.74) is 0.577. The van der Waals surface area contributed by atoms with Gasteiger partial charge in [-0.05, 0) is 25.1 Å². The lowest BCUT2D eigenvalue weighted by Gasteiger charge is -2.05. The van der Waals surface area contributed by atoms with Gasteiger partial charge >= 0.3 is 0 Å². The maximum absolute atomic E-state index is 12.1. The normalized spacial score (nSPS) is 10.8. The quantitative estimate of drug-likeness (QED) is 0.771. The number of carbonyl (C=O) groups is 1. The predicted molar refractivity (Wildman–Crippen MR) is 82.4 cm³/mol. The van der Waals surface area contributed by atoms with Gasteiger partial charge in [0.15, 0.2) is 5.82 Å². The van der Waals surface area contributed by atoms with E-state index in [2.05, 4.69) is 20.6 Å². The molecule has 0 atom stereocenters. The number of rotatable bonds is 5. The Hall–Kier alpha value is -2.48. The van der Waals surface area contributed by atoms with Gasteiger partial charge in [-0.3, -0.25) is 4.79 Å². The monoisotopic (exact) mass is 317 g/mol. The third kappa shape index (κ3) is 2.91. The fourth-order valence-corrected chi connectivity index (χ4v) is 2.88. The van der Waals surface area contributed by atoms with Crippen LogP contribution in [0.25, 0.3) is 4.96 Å². The summed E-state index contributed by atoms with van der Waals surface area (Å²) in [6.45, 7) is 2.37. The minimum Gasteiger partial charge on any atom is -0.497 e. The maximum atomic E-state index is 12.1. The van der Waals surface area contributed by atoms with E-state index in [0.29, 0.717) is 24.3 Å². The van der Waals surface area contributed by atoms with E-state index >= 15 is 0 Å². The first-order valence-corrected chi connectivity index (χ1v) is 7.59. The molecule has 1 aromatic carbocycles. The Balaban J connectivity index is 1.58. The Morgan fingerprint density at radius 2 is 2.27 bits per heavy atom. The van der Waals surface area contributed by atoms with Crippen LogP contribution < -0.4 is 10.1 Å². The van der Waals surface area contributed by atoms with Crippen LogP contribution in [-0.4, -0.2) is 39.4 Å². The predicted octanol–water partition coefficient (Wildman–Crippen LogP) is 1.48. The molecule has 3 rings (SSSR count). The van der Waals surface area contributed by atoms with Crippen molar-refractivity contribution in [2.24, 2.45) is 0 Å². The Morgan fingerprint density at radius 3 is 3.05 bits per heavy atom. The second-order valence-electron chi connectivity index (χ2n) is 4.68. The summed E-state index contributed by atoms with van der Waals surface area (Å²) in [7, 11) is 1.58. The first-order chi connectivity index (χ1) is 10.7. The lowest BCUT2D eigenvalue weighted by molar-refractivity contribution is 0.0954. The van der Waals surface area contributed by atoms with Crippen LogP contribution in [0.15, 0.2) is 24.3 Å². The van der Waals surface area contributed by atoms with Crippen molar-refractivity contribution in [3.63, 3.8) is 0 Å². The third-order valence-electron chi connectivity index (χ3n) is 3.14. The second-order valence-corrected chi connectivity index (χ2v) is 5.72. The van der Waals surface area contributed by atoms with Crippen molar-refractivity contribution in [3.05, 3.63) is 40.7 Å². The van der Waals surface area contributed by atoms with Gasteiger partial charge in [0.05, 0.1) is 7.11 Å². The van der Waals surface area contributed by atoms with Gasteiger partial charge in [0, 0.05) is 18.5 Å². The fourth-order valence-electron chi connectivity index (χ4n) is 2.00. The molecule has 2 aromatic heterocycles. The van der Waals surface area contributed by atoms with Crippen LogP contribution in [0.2, 0.25) is 0 Å². The second kappa shape index (κ2) is 6.10. The Labute approximate surface area is 130 Å². The zero-order chi connectivity index (χ0) is 15.5. The van der Waals surface area contributed by atoms with E-state index in [-0.39, 0.29) is 5.91 Å². The number of nitrogens with zero attached hydrogens (tertiary/aromatic N) is 4. The van der Waals surface area contributed by atoms with Crippen molar-refractivity contribution in [3.8, 4) is 5.75 Å². The van der Waals surface area contributed by atoms with Crippen LogP contribution in [0.4, 0.5) is 0 Å². The molecule has 0 saturated heterocycles. The fraction of sp³-hybridized carbons (Fsp3) is 0.286. The van der Waals surface area contributed by atoms with Gasteiger partial charge in [0.25, 0.3) is 5.91 Å². The van der Waals surface area contributed by atoms with E-state index in [0.717, 1.165) is 15.8 Å². The van der Waals surface area contributed by atoms with Crippen molar-refractivity contribution >= 4 is 22.2 Å². The molecule has 2 heterocycles. The molecule has 0 aliphatic rings. The number of hydrogen-bond acceptors (Lipinski definition) is 6. The zero-order valence-corrected chi connectivity index (χ0v) is 13.1. The van der Waals surface area contributed by atoms with Crippen molar-refractivity contribution in [2.45, 2.75) is 13.3 Å². The van der Waals surface area contributed by atoms with Crippen LogP contribution in [0, 0.1) is 6.92 Å². The van der Waals surface area contributed by atoms with Gasteiger partial charge in [-0.15, -0.1) is 10.2 Å². The molecule has 0 unspecified atom stereocenters. The van der Waals surface area contributed by atoms with E-state index in [9.17, 15) is 4.79 Å².